The summed E-state index contributed by atoms with van der Waals surface area (Å²) in [5.74, 6) is -1.43. The van der Waals surface area contributed by atoms with Crippen molar-refractivity contribution in [2.75, 3.05) is 0 Å². The van der Waals surface area contributed by atoms with Crippen LogP contribution >= 0.6 is 0 Å². The zero-order chi connectivity index (χ0) is 13.6. The van der Waals surface area contributed by atoms with E-state index >= 15 is 0 Å². The maximum atomic E-state index is 13.1. The molecule has 4 nitrogen and oxygen atoms in total. The van der Waals surface area contributed by atoms with Crippen LogP contribution in [0.2, 0.25) is 0 Å². The molecule has 19 heavy (non-hydrogen) atoms. The SMILES string of the molecule is C=C(F)C(=O)N1C2C=C(c3ccnn3C)CC1CC2. The number of carbonyl (C=O) groups excluding carboxylic acids is 1. The highest BCUT2D eigenvalue weighted by molar-refractivity contribution is 5.92. The van der Waals surface area contributed by atoms with Crippen LogP contribution in [-0.2, 0) is 11.8 Å². The predicted octanol–water partition coefficient (Wildman–Crippen LogP) is 2.05. The molecule has 2 aliphatic heterocycles. The molecule has 3 heterocycles. The first-order valence-electron chi connectivity index (χ1n) is 6.44. The minimum absolute atomic E-state index is 0.0105. The molecule has 0 saturated carbocycles. The van der Waals surface area contributed by atoms with Crippen LogP contribution in [0, 0.1) is 0 Å². The highest BCUT2D eigenvalue weighted by atomic mass is 19.1. The summed E-state index contributed by atoms with van der Waals surface area (Å²) in [6, 6.07) is 2.04. The van der Waals surface area contributed by atoms with Gasteiger partial charge in [-0.2, -0.15) is 5.10 Å². The molecule has 0 N–H and O–H groups in total. The van der Waals surface area contributed by atoms with E-state index in [0.29, 0.717) is 0 Å². The van der Waals surface area contributed by atoms with Gasteiger partial charge in [0.2, 0.25) is 0 Å². The van der Waals surface area contributed by atoms with Crippen molar-refractivity contribution >= 4 is 11.5 Å². The van der Waals surface area contributed by atoms with E-state index < -0.39 is 11.7 Å². The van der Waals surface area contributed by atoms with Gasteiger partial charge in [-0.15, -0.1) is 0 Å². The van der Waals surface area contributed by atoms with Gasteiger partial charge in [0, 0.05) is 19.3 Å². The predicted molar refractivity (Wildman–Crippen MR) is 69.7 cm³/mol. The van der Waals surface area contributed by atoms with Gasteiger partial charge in [-0.25, -0.2) is 4.39 Å². The Hall–Kier alpha value is -1.91. The van der Waals surface area contributed by atoms with Crippen molar-refractivity contribution in [2.24, 2.45) is 7.05 Å². The van der Waals surface area contributed by atoms with E-state index in [-0.39, 0.29) is 12.1 Å². The average Bonchev–Trinajstić information content (AvgIpc) is 2.90. The fourth-order valence-electron chi connectivity index (χ4n) is 3.17. The molecule has 100 valence electrons. The monoisotopic (exact) mass is 261 g/mol. The molecule has 1 aromatic rings. The normalized spacial score (nSPS) is 25.4. The summed E-state index contributed by atoms with van der Waals surface area (Å²) >= 11 is 0. The third-order valence-electron chi connectivity index (χ3n) is 4.01. The van der Waals surface area contributed by atoms with Crippen LogP contribution in [0.15, 0.2) is 30.7 Å². The second-order valence-corrected chi connectivity index (χ2v) is 5.15. The Morgan fingerprint density at radius 1 is 1.53 bits per heavy atom. The lowest BCUT2D eigenvalue weighted by molar-refractivity contribution is -0.130. The first-order chi connectivity index (χ1) is 9.08. The molecule has 2 bridgehead atoms. The van der Waals surface area contributed by atoms with Gasteiger partial charge in [-0.3, -0.25) is 9.48 Å². The van der Waals surface area contributed by atoms with Crippen LogP contribution in [0.4, 0.5) is 4.39 Å². The number of hydrogen-bond acceptors (Lipinski definition) is 2. The third-order valence-corrected chi connectivity index (χ3v) is 4.01. The molecule has 0 spiro atoms. The molecule has 1 fully saturated rings. The van der Waals surface area contributed by atoms with Crippen LogP contribution in [0.25, 0.3) is 5.57 Å². The first-order valence-corrected chi connectivity index (χ1v) is 6.44. The molecule has 2 aliphatic rings. The van der Waals surface area contributed by atoms with Crippen molar-refractivity contribution < 1.29 is 9.18 Å². The summed E-state index contributed by atoms with van der Waals surface area (Å²) in [7, 11) is 1.90. The van der Waals surface area contributed by atoms with Gasteiger partial charge in [-0.05, 0) is 30.9 Å². The molecule has 1 saturated heterocycles. The number of halogens is 1. The fraction of sp³-hybridized carbons (Fsp3) is 0.429. The summed E-state index contributed by atoms with van der Waals surface area (Å²) in [6.45, 7) is 3.12. The summed E-state index contributed by atoms with van der Waals surface area (Å²) in [5, 5.41) is 4.17. The molecule has 2 atom stereocenters. The van der Waals surface area contributed by atoms with Crippen molar-refractivity contribution in [1.29, 1.82) is 0 Å². The van der Waals surface area contributed by atoms with Crippen molar-refractivity contribution in [1.82, 2.24) is 14.7 Å². The standard InChI is InChI=1S/C14H16FN3O/c1-9(15)14(19)18-11-3-4-12(18)8-10(7-11)13-5-6-16-17(13)2/h5-7,11-12H,1,3-4,8H2,2H3. The second-order valence-electron chi connectivity index (χ2n) is 5.15. The molecule has 1 amide bonds. The lowest BCUT2D eigenvalue weighted by atomic mass is 9.98. The molecule has 2 unspecified atom stereocenters. The van der Waals surface area contributed by atoms with Crippen LogP contribution in [0.1, 0.15) is 25.0 Å². The maximum Gasteiger partial charge on any atom is 0.282 e. The van der Waals surface area contributed by atoms with Crippen molar-refractivity contribution in [3.63, 3.8) is 0 Å². The Kier molecular flexibility index (Phi) is 2.77. The molecular formula is C14H16FN3O. The van der Waals surface area contributed by atoms with E-state index in [1.54, 1.807) is 11.1 Å². The minimum atomic E-state index is -0.866. The number of rotatable bonds is 2. The zero-order valence-corrected chi connectivity index (χ0v) is 10.8. The lowest BCUT2D eigenvalue weighted by Crippen LogP contribution is -2.43. The van der Waals surface area contributed by atoms with E-state index in [2.05, 4.69) is 17.8 Å². The fourth-order valence-corrected chi connectivity index (χ4v) is 3.17. The van der Waals surface area contributed by atoms with Crippen LogP contribution < -0.4 is 0 Å². The highest BCUT2D eigenvalue weighted by Crippen LogP contribution is 2.38. The van der Waals surface area contributed by atoms with Gasteiger partial charge in [0.05, 0.1) is 11.7 Å². The van der Waals surface area contributed by atoms with Gasteiger partial charge in [-0.1, -0.05) is 12.7 Å². The zero-order valence-electron chi connectivity index (χ0n) is 10.8. The first kappa shape index (κ1) is 12.1. The van der Waals surface area contributed by atoms with Gasteiger partial charge in [0.25, 0.3) is 5.91 Å². The van der Waals surface area contributed by atoms with Crippen LogP contribution in [0.5, 0.6) is 0 Å². The topological polar surface area (TPSA) is 38.1 Å². The lowest BCUT2D eigenvalue weighted by Gasteiger charge is -2.33. The van der Waals surface area contributed by atoms with Crippen LogP contribution in [0.3, 0.4) is 0 Å². The maximum absolute atomic E-state index is 13.1. The Morgan fingerprint density at radius 3 is 2.89 bits per heavy atom. The van der Waals surface area contributed by atoms with Gasteiger partial charge in [0.1, 0.15) is 0 Å². The Balaban J connectivity index is 1.92. The van der Waals surface area contributed by atoms with E-state index in [1.165, 1.54) is 5.57 Å². The number of aromatic nitrogens is 2. The van der Waals surface area contributed by atoms with E-state index in [4.69, 9.17) is 0 Å². The third kappa shape index (κ3) is 1.89. The smallest absolute Gasteiger partial charge is 0.282 e. The Labute approximate surface area is 111 Å². The average molecular weight is 261 g/mol. The number of nitrogens with zero attached hydrogens (tertiary/aromatic N) is 3. The molecule has 0 aromatic carbocycles. The summed E-state index contributed by atoms with van der Waals surface area (Å²) in [5.41, 5.74) is 2.27. The molecule has 5 heteroatoms. The number of aryl methyl sites for hydroxylation is 1. The van der Waals surface area contributed by atoms with Crippen molar-refractivity contribution in [3.8, 4) is 0 Å². The Morgan fingerprint density at radius 2 is 2.32 bits per heavy atom. The van der Waals surface area contributed by atoms with E-state index in [0.717, 1.165) is 25.0 Å². The van der Waals surface area contributed by atoms with Gasteiger partial charge >= 0.3 is 0 Å². The number of amides is 1. The molecular weight excluding hydrogens is 245 g/mol. The second kappa shape index (κ2) is 4.33. The van der Waals surface area contributed by atoms with Gasteiger partial charge in [0.15, 0.2) is 5.83 Å². The van der Waals surface area contributed by atoms with Crippen molar-refractivity contribution in [2.45, 2.75) is 31.3 Å². The molecule has 0 radical (unpaired) electrons. The van der Waals surface area contributed by atoms with Gasteiger partial charge < -0.3 is 4.90 Å². The minimum Gasteiger partial charge on any atom is -0.327 e. The Bertz CT molecular complexity index is 575. The number of fused-ring (bicyclic) bond motifs is 2. The summed E-state index contributed by atoms with van der Waals surface area (Å²) in [6.07, 6.45) is 6.40. The molecule has 3 rings (SSSR count). The quantitative estimate of drug-likeness (QED) is 0.764. The van der Waals surface area contributed by atoms with E-state index in [1.807, 2.05) is 17.8 Å². The highest BCUT2D eigenvalue weighted by Gasteiger charge is 2.40. The number of hydrogen-bond donors (Lipinski definition) is 0. The van der Waals surface area contributed by atoms with Crippen molar-refractivity contribution in [3.05, 3.63) is 36.4 Å². The number of carbonyl (C=O) groups is 1. The molecule has 1 aromatic heterocycles. The largest absolute Gasteiger partial charge is 0.327 e. The summed E-state index contributed by atoms with van der Waals surface area (Å²) < 4.78 is 14.9. The van der Waals surface area contributed by atoms with E-state index in [9.17, 15) is 9.18 Å². The van der Waals surface area contributed by atoms with Crippen LogP contribution in [-0.4, -0.2) is 32.7 Å². The molecule has 0 aliphatic carbocycles. The summed E-state index contributed by atoms with van der Waals surface area (Å²) in [4.78, 5) is 13.5.